The Hall–Kier alpha value is -2.24. The second-order valence-electron chi connectivity index (χ2n) is 7.63. The van der Waals surface area contributed by atoms with Crippen molar-refractivity contribution in [3.8, 4) is 0 Å². The summed E-state index contributed by atoms with van der Waals surface area (Å²) in [5, 5.41) is 9.61. The molecule has 1 unspecified atom stereocenters. The minimum atomic E-state index is -1.86. The van der Waals surface area contributed by atoms with Crippen molar-refractivity contribution in [2.75, 3.05) is 12.3 Å². The third-order valence-corrected chi connectivity index (χ3v) is 4.34. The van der Waals surface area contributed by atoms with Gasteiger partial charge in [-0.1, -0.05) is 0 Å². The predicted octanol–water partition coefficient (Wildman–Crippen LogP) is 2.00. The van der Waals surface area contributed by atoms with E-state index in [1.807, 2.05) is 0 Å². The summed E-state index contributed by atoms with van der Waals surface area (Å²) in [7, 11) is 0. The lowest BCUT2D eigenvalue weighted by Gasteiger charge is -2.28. The lowest BCUT2D eigenvalue weighted by atomic mass is 9.99. The van der Waals surface area contributed by atoms with E-state index in [2.05, 4.69) is 15.0 Å². The third-order valence-electron chi connectivity index (χ3n) is 4.18. The first-order valence-corrected chi connectivity index (χ1v) is 8.81. The van der Waals surface area contributed by atoms with Gasteiger partial charge in [0.1, 0.15) is 16.7 Å². The molecule has 2 aromatic rings. The number of hydrogen-bond donors (Lipinski definition) is 2. The van der Waals surface area contributed by atoms with E-state index in [4.69, 9.17) is 31.5 Å². The van der Waals surface area contributed by atoms with Gasteiger partial charge in [0.05, 0.1) is 12.9 Å². The Morgan fingerprint density at radius 2 is 2.18 bits per heavy atom. The van der Waals surface area contributed by atoms with E-state index in [0.717, 1.165) is 0 Å². The highest BCUT2D eigenvalue weighted by molar-refractivity contribution is 6.28. The monoisotopic (exact) mass is 417 g/mol. The topological polar surface area (TPSA) is 135 Å². The SMILES string of the molecule is CC(C)(C)OC(=O)O[C@H]1[C@H](F)[C@H](n2cnc3c(N)nc(Cl)nc32)OC1(C)CO. The molecule has 0 radical (unpaired) electrons. The summed E-state index contributed by atoms with van der Waals surface area (Å²) in [5.41, 5.74) is 3.76. The summed E-state index contributed by atoms with van der Waals surface area (Å²) in [6.07, 6.45) is -4.42. The summed E-state index contributed by atoms with van der Waals surface area (Å²) in [6, 6.07) is 0. The molecule has 1 fully saturated rings. The third kappa shape index (κ3) is 3.69. The fourth-order valence-corrected chi connectivity index (χ4v) is 3.07. The van der Waals surface area contributed by atoms with Crippen LogP contribution in [0.15, 0.2) is 6.33 Å². The molecule has 0 aromatic carbocycles. The Labute approximate surface area is 164 Å². The summed E-state index contributed by atoms with van der Waals surface area (Å²) in [4.78, 5) is 23.9. The van der Waals surface area contributed by atoms with Crippen LogP contribution in [0.1, 0.15) is 33.9 Å². The largest absolute Gasteiger partial charge is 0.509 e. The molecule has 4 atom stereocenters. The van der Waals surface area contributed by atoms with Crippen LogP contribution >= 0.6 is 11.6 Å². The average Bonchev–Trinajstić information content (AvgIpc) is 3.08. The summed E-state index contributed by atoms with van der Waals surface area (Å²) in [6.45, 7) is 5.75. The molecule has 0 aliphatic carbocycles. The van der Waals surface area contributed by atoms with E-state index < -0.39 is 42.5 Å². The number of carbonyl (C=O) groups is 1. The van der Waals surface area contributed by atoms with Crippen molar-refractivity contribution in [2.45, 2.75) is 57.4 Å². The number of ether oxygens (including phenoxy) is 3. The Balaban J connectivity index is 1.94. The number of alkyl halides is 1. The van der Waals surface area contributed by atoms with Gasteiger partial charge in [-0.15, -0.1) is 0 Å². The number of rotatable bonds is 3. The van der Waals surface area contributed by atoms with Gasteiger partial charge in [0.2, 0.25) is 5.28 Å². The number of imidazole rings is 1. The minimum Gasteiger partial charge on any atom is -0.429 e. The molecule has 2 aromatic heterocycles. The standard InChI is InChI=1S/C16H21ClFN5O5/c1-15(2,3)28-14(25)26-9-7(18)12(27-16(9,4)5-24)23-6-20-8-10(19)21-13(17)22-11(8)23/h6-7,9,12,24H,5H2,1-4H3,(H2,19,21,22)/t7-,9-,12+,16?/m0/s1. The van der Waals surface area contributed by atoms with Crippen LogP contribution in [0.5, 0.6) is 0 Å². The quantitative estimate of drug-likeness (QED) is 0.567. The van der Waals surface area contributed by atoms with E-state index in [9.17, 15) is 9.90 Å². The zero-order chi connectivity index (χ0) is 20.9. The highest BCUT2D eigenvalue weighted by Gasteiger charge is 2.56. The number of aliphatic hydroxyl groups is 1. The molecule has 28 heavy (non-hydrogen) atoms. The molecule has 3 heterocycles. The number of nitrogens with zero attached hydrogens (tertiary/aromatic N) is 4. The van der Waals surface area contributed by atoms with Crippen molar-refractivity contribution in [1.82, 2.24) is 19.5 Å². The number of carbonyl (C=O) groups excluding carboxylic acids is 1. The summed E-state index contributed by atoms with van der Waals surface area (Å²) >= 11 is 5.83. The molecule has 0 amide bonds. The maximum atomic E-state index is 15.3. The normalized spacial score (nSPS) is 27.9. The van der Waals surface area contributed by atoms with Gasteiger partial charge in [0, 0.05) is 0 Å². The van der Waals surface area contributed by atoms with Crippen molar-refractivity contribution < 1.29 is 28.5 Å². The highest BCUT2D eigenvalue weighted by atomic mass is 35.5. The Morgan fingerprint density at radius 3 is 2.79 bits per heavy atom. The van der Waals surface area contributed by atoms with Crippen molar-refractivity contribution >= 4 is 34.7 Å². The molecule has 154 valence electrons. The first-order chi connectivity index (χ1) is 12.9. The number of halogens is 2. The number of nitrogen functional groups attached to an aromatic ring is 1. The van der Waals surface area contributed by atoms with E-state index in [1.54, 1.807) is 20.8 Å². The van der Waals surface area contributed by atoms with Gasteiger partial charge < -0.3 is 25.1 Å². The zero-order valence-corrected chi connectivity index (χ0v) is 16.5. The lowest BCUT2D eigenvalue weighted by Crippen LogP contribution is -2.46. The zero-order valence-electron chi connectivity index (χ0n) is 15.7. The summed E-state index contributed by atoms with van der Waals surface area (Å²) < 4.78 is 32.5. The van der Waals surface area contributed by atoms with Crippen LogP contribution in [-0.2, 0) is 14.2 Å². The maximum absolute atomic E-state index is 15.3. The van der Waals surface area contributed by atoms with Crippen LogP contribution in [0.2, 0.25) is 5.28 Å². The Morgan fingerprint density at radius 1 is 1.50 bits per heavy atom. The van der Waals surface area contributed by atoms with Crippen molar-refractivity contribution in [1.29, 1.82) is 0 Å². The van der Waals surface area contributed by atoms with Crippen LogP contribution in [0.4, 0.5) is 15.0 Å². The van der Waals surface area contributed by atoms with Crippen molar-refractivity contribution in [2.24, 2.45) is 0 Å². The van der Waals surface area contributed by atoms with Crippen LogP contribution in [0.25, 0.3) is 11.2 Å². The second-order valence-corrected chi connectivity index (χ2v) is 7.97. The van der Waals surface area contributed by atoms with Gasteiger partial charge in [-0.25, -0.2) is 14.2 Å². The first kappa shape index (κ1) is 20.5. The number of aromatic nitrogens is 4. The van der Waals surface area contributed by atoms with Gasteiger partial charge in [-0.05, 0) is 39.3 Å². The molecule has 1 aliphatic rings. The second kappa shape index (κ2) is 6.98. The first-order valence-electron chi connectivity index (χ1n) is 8.43. The maximum Gasteiger partial charge on any atom is 0.509 e. The van der Waals surface area contributed by atoms with Gasteiger partial charge in [-0.2, -0.15) is 9.97 Å². The van der Waals surface area contributed by atoms with Crippen LogP contribution in [0, 0.1) is 0 Å². The molecule has 0 spiro atoms. The number of fused-ring (bicyclic) bond motifs is 1. The van der Waals surface area contributed by atoms with Gasteiger partial charge in [0.25, 0.3) is 0 Å². The van der Waals surface area contributed by atoms with Gasteiger partial charge in [-0.3, -0.25) is 4.57 Å². The molecule has 3 rings (SSSR count). The molecule has 0 bridgehead atoms. The van der Waals surface area contributed by atoms with Crippen molar-refractivity contribution in [3.05, 3.63) is 11.6 Å². The predicted molar refractivity (Wildman–Crippen MR) is 96.4 cm³/mol. The molecule has 0 saturated carbocycles. The molecule has 1 saturated heterocycles. The van der Waals surface area contributed by atoms with Crippen LogP contribution in [0.3, 0.4) is 0 Å². The molecule has 1 aliphatic heterocycles. The van der Waals surface area contributed by atoms with Gasteiger partial charge in [0.15, 0.2) is 30.0 Å². The average molecular weight is 418 g/mol. The number of aliphatic hydroxyl groups excluding tert-OH is 1. The molecule has 3 N–H and O–H groups in total. The smallest absolute Gasteiger partial charge is 0.429 e. The minimum absolute atomic E-state index is 0.0219. The number of hydrogen-bond acceptors (Lipinski definition) is 9. The summed E-state index contributed by atoms with van der Waals surface area (Å²) in [5.74, 6) is 0.0219. The van der Waals surface area contributed by atoms with E-state index in [-0.39, 0.29) is 22.3 Å². The molecule has 12 heteroatoms. The van der Waals surface area contributed by atoms with Gasteiger partial charge >= 0.3 is 6.16 Å². The molecular formula is C16H21ClFN5O5. The molecule has 10 nitrogen and oxygen atoms in total. The Bertz CT molecular complexity index is 903. The van der Waals surface area contributed by atoms with E-state index >= 15 is 4.39 Å². The highest BCUT2D eigenvalue weighted by Crippen LogP contribution is 2.42. The Kier molecular flexibility index (Phi) is 5.11. The fraction of sp³-hybridized carbons (Fsp3) is 0.625. The van der Waals surface area contributed by atoms with E-state index in [1.165, 1.54) is 17.8 Å². The van der Waals surface area contributed by atoms with Crippen molar-refractivity contribution in [3.63, 3.8) is 0 Å². The van der Waals surface area contributed by atoms with Crippen LogP contribution in [-0.4, -0.2) is 60.9 Å². The molecular weight excluding hydrogens is 397 g/mol. The lowest BCUT2D eigenvalue weighted by molar-refractivity contribution is -0.126. The number of anilines is 1. The number of nitrogens with two attached hydrogens (primary N) is 1. The van der Waals surface area contributed by atoms with Crippen LogP contribution < -0.4 is 5.73 Å². The van der Waals surface area contributed by atoms with E-state index in [0.29, 0.717) is 0 Å². The fourth-order valence-electron chi connectivity index (χ4n) is 2.90.